The lowest BCUT2D eigenvalue weighted by Crippen LogP contribution is -2.01. The topological polar surface area (TPSA) is 89.1 Å². The number of nitrogens with zero attached hydrogens (tertiary/aromatic N) is 3. The van der Waals surface area contributed by atoms with Crippen LogP contribution in [0.1, 0.15) is 10.5 Å². The van der Waals surface area contributed by atoms with Gasteiger partial charge >= 0.3 is 5.97 Å². The van der Waals surface area contributed by atoms with Crippen LogP contribution < -0.4 is 0 Å². The van der Waals surface area contributed by atoms with Gasteiger partial charge in [-0.3, -0.25) is 0 Å². The van der Waals surface area contributed by atoms with E-state index in [0.717, 1.165) is 6.20 Å². The summed E-state index contributed by atoms with van der Waals surface area (Å²) in [7, 11) is 0. The van der Waals surface area contributed by atoms with Gasteiger partial charge in [-0.05, 0) is 12.1 Å². The summed E-state index contributed by atoms with van der Waals surface area (Å²) in [4.78, 5) is 22.6. The molecular weight excluding hydrogens is 270 g/mol. The van der Waals surface area contributed by atoms with E-state index in [4.69, 9.17) is 21.1 Å². The molecule has 6 nitrogen and oxygen atoms in total. The first-order chi connectivity index (χ1) is 9.13. The lowest BCUT2D eigenvalue weighted by molar-refractivity contribution is 0.0690. The van der Waals surface area contributed by atoms with Crippen molar-refractivity contribution in [3.63, 3.8) is 0 Å². The molecule has 0 aliphatic heterocycles. The molecule has 0 unspecified atom stereocenters. The number of hydrogen-bond donors (Lipinski definition) is 1. The number of benzene rings is 1. The first-order valence-electron chi connectivity index (χ1n) is 5.25. The number of carboxylic acid groups (broad SMARTS) is 1. The Hall–Kier alpha value is -2.47. The van der Waals surface area contributed by atoms with E-state index in [2.05, 4.69) is 15.0 Å². The van der Waals surface area contributed by atoms with Crippen LogP contribution in [-0.4, -0.2) is 26.0 Å². The molecule has 1 aromatic carbocycles. The minimum absolute atomic E-state index is 0.136. The van der Waals surface area contributed by atoms with Gasteiger partial charge in [-0.1, -0.05) is 11.6 Å². The third-order valence-electron chi connectivity index (χ3n) is 2.44. The van der Waals surface area contributed by atoms with Crippen LogP contribution >= 0.6 is 11.6 Å². The first-order valence-corrected chi connectivity index (χ1v) is 5.63. The lowest BCUT2D eigenvalue weighted by atomic mass is 10.3. The van der Waals surface area contributed by atoms with Gasteiger partial charge in [0.05, 0.1) is 12.4 Å². The Balaban J connectivity index is 2.06. The Morgan fingerprint density at radius 2 is 2.11 bits per heavy atom. The van der Waals surface area contributed by atoms with Crippen LogP contribution in [0.2, 0.25) is 5.02 Å². The predicted octanol–water partition coefficient (Wildman–Crippen LogP) is 2.64. The quantitative estimate of drug-likeness (QED) is 0.773. The first kappa shape index (κ1) is 11.6. The minimum atomic E-state index is -1.14. The Morgan fingerprint density at radius 3 is 2.79 bits per heavy atom. The molecular formula is C12H6ClN3O3. The second-order valence-electron chi connectivity index (χ2n) is 3.72. The van der Waals surface area contributed by atoms with Crippen LogP contribution in [-0.2, 0) is 0 Å². The molecule has 3 aromatic rings. The standard InChI is InChI=1S/C12H6ClN3O3/c13-6-1-2-7-10(3-6)19-11(16-7)8-4-15-9(5-14-8)12(17)18/h1-5H,(H,17,18). The Labute approximate surface area is 111 Å². The van der Waals surface area contributed by atoms with E-state index in [-0.39, 0.29) is 11.6 Å². The maximum Gasteiger partial charge on any atom is 0.356 e. The van der Waals surface area contributed by atoms with E-state index < -0.39 is 5.97 Å². The fourth-order valence-electron chi connectivity index (χ4n) is 1.56. The van der Waals surface area contributed by atoms with Crippen molar-refractivity contribution < 1.29 is 14.3 Å². The zero-order chi connectivity index (χ0) is 13.4. The average Bonchev–Trinajstić information content (AvgIpc) is 2.81. The predicted molar refractivity (Wildman–Crippen MR) is 67.0 cm³/mol. The molecule has 94 valence electrons. The molecule has 2 aromatic heterocycles. The van der Waals surface area contributed by atoms with Gasteiger partial charge in [0.1, 0.15) is 11.2 Å². The molecule has 0 radical (unpaired) electrons. The Morgan fingerprint density at radius 1 is 1.26 bits per heavy atom. The van der Waals surface area contributed by atoms with Crippen molar-refractivity contribution in [1.82, 2.24) is 15.0 Å². The molecule has 2 heterocycles. The van der Waals surface area contributed by atoms with Gasteiger partial charge in [-0.2, -0.15) is 0 Å². The molecule has 0 atom stereocenters. The van der Waals surface area contributed by atoms with Gasteiger partial charge in [0.2, 0.25) is 5.89 Å². The van der Waals surface area contributed by atoms with Crippen LogP contribution in [0.4, 0.5) is 0 Å². The maximum atomic E-state index is 10.7. The van der Waals surface area contributed by atoms with E-state index in [9.17, 15) is 4.79 Å². The van der Waals surface area contributed by atoms with Crippen LogP contribution in [0.3, 0.4) is 0 Å². The number of aromatic nitrogens is 3. The van der Waals surface area contributed by atoms with Gasteiger partial charge in [-0.25, -0.2) is 19.7 Å². The molecule has 7 heteroatoms. The summed E-state index contributed by atoms with van der Waals surface area (Å²) in [6, 6.07) is 5.07. The van der Waals surface area contributed by atoms with E-state index in [1.54, 1.807) is 18.2 Å². The monoisotopic (exact) mass is 275 g/mol. The summed E-state index contributed by atoms with van der Waals surface area (Å²) < 4.78 is 5.49. The molecule has 1 N–H and O–H groups in total. The van der Waals surface area contributed by atoms with Crippen LogP contribution in [0.5, 0.6) is 0 Å². The van der Waals surface area contributed by atoms with Crippen LogP contribution in [0.15, 0.2) is 35.0 Å². The fraction of sp³-hybridized carbons (Fsp3) is 0. The largest absolute Gasteiger partial charge is 0.476 e. The van der Waals surface area contributed by atoms with Crippen molar-refractivity contribution in [2.75, 3.05) is 0 Å². The summed E-state index contributed by atoms with van der Waals surface area (Å²) in [6.45, 7) is 0. The van der Waals surface area contributed by atoms with E-state index in [0.29, 0.717) is 21.8 Å². The SMILES string of the molecule is O=C(O)c1cnc(-c2nc3ccc(Cl)cc3o2)cn1. The number of rotatable bonds is 2. The molecule has 0 aliphatic rings. The number of hydrogen-bond acceptors (Lipinski definition) is 5. The third-order valence-corrected chi connectivity index (χ3v) is 2.68. The number of fused-ring (bicyclic) bond motifs is 1. The van der Waals surface area contributed by atoms with Gasteiger partial charge in [0.15, 0.2) is 11.3 Å². The molecule has 0 saturated heterocycles. The molecule has 0 saturated carbocycles. The summed E-state index contributed by atoms with van der Waals surface area (Å²) in [6.07, 6.45) is 2.45. The third kappa shape index (κ3) is 2.13. The average molecular weight is 276 g/mol. The van der Waals surface area contributed by atoms with Crippen molar-refractivity contribution in [2.45, 2.75) is 0 Å². The Kier molecular flexibility index (Phi) is 2.64. The van der Waals surface area contributed by atoms with Gasteiger partial charge in [0.25, 0.3) is 0 Å². The van der Waals surface area contributed by atoms with Gasteiger partial charge < -0.3 is 9.52 Å². The van der Waals surface area contributed by atoms with Crippen LogP contribution in [0.25, 0.3) is 22.7 Å². The highest BCUT2D eigenvalue weighted by Gasteiger charge is 2.12. The molecule has 19 heavy (non-hydrogen) atoms. The highest BCUT2D eigenvalue weighted by molar-refractivity contribution is 6.31. The van der Waals surface area contributed by atoms with Crippen molar-refractivity contribution in [3.05, 3.63) is 41.3 Å². The van der Waals surface area contributed by atoms with Crippen molar-refractivity contribution in [2.24, 2.45) is 0 Å². The molecule has 0 amide bonds. The zero-order valence-electron chi connectivity index (χ0n) is 9.37. The van der Waals surface area contributed by atoms with Crippen LogP contribution in [0, 0.1) is 0 Å². The molecule has 3 rings (SSSR count). The number of carbonyl (C=O) groups is 1. The number of carboxylic acids is 1. The summed E-state index contributed by atoms with van der Waals surface area (Å²) in [5.41, 5.74) is 1.40. The highest BCUT2D eigenvalue weighted by Crippen LogP contribution is 2.24. The minimum Gasteiger partial charge on any atom is -0.476 e. The van der Waals surface area contributed by atoms with Crippen molar-refractivity contribution >= 4 is 28.7 Å². The van der Waals surface area contributed by atoms with Crippen molar-refractivity contribution in [3.8, 4) is 11.6 Å². The second-order valence-corrected chi connectivity index (χ2v) is 4.16. The molecule has 0 aliphatic carbocycles. The maximum absolute atomic E-state index is 10.7. The number of aromatic carboxylic acids is 1. The van der Waals surface area contributed by atoms with E-state index in [1.165, 1.54) is 6.20 Å². The van der Waals surface area contributed by atoms with Gasteiger partial charge in [-0.15, -0.1) is 0 Å². The normalized spacial score (nSPS) is 10.8. The molecule has 0 bridgehead atoms. The number of oxazole rings is 1. The van der Waals surface area contributed by atoms with E-state index in [1.807, 2.05) is 0 Å². The highest BCUT2D eigenvalue weighted by atomic mass is 35.5. The Bertz CT molecular complexity index is 767. The number of halogens is 1. The second kappa shape index (κ2) is 4.33. The van der Waals surface area contributed by atoms with Crippen molar-refractivity contribution in [1.29, 1.82) is 0 Å². The smallest absolute Gasteiger partial charge is 0.356 e. The summed E-state index contributed by atoms with van der Waals surface area (Å²) >= 11 is 5.85. The van der Waals surface area contributed by atoms with E-state index >= 15 is 0 Å². The summed E-state index contributed by atoms with van der Waals surface area (Å²) in [5.74, 6) is -0.870. The fourth-order valence-corrected chi connectivity index (χ4v) is 1.72. The van der Waals surface area contributed by atoms with Gasteiger partial charge in [0, 0.05) is 11.1 Å². The lowest BCUT2D eigenvalue weighted by Gasteiger charge is -1.94. The zero-order valence-corrected chi connectivity index (χ0v) is 10.1. The molecule has 0 spiro atoms. The summed E-state index contributed by atoms with van der Waals surface area (Å²) in [5, 5.41) is 9.28. The molecule has 0 fully saturated rings.